The van der Waals surface area contributed by atoms with Gasteiger partial charge in [-0.2, -0.15) is 13.2 Å². The van der Waals surface area contributed by atoms with Crippen LogP contribution in [0.4, 0.5) is 13.2 Å². The lowest BCUT2D eigenvalue weighted by Crippen LogP contribution is -2.19. The van der Waals surface area contributed by atoms with E-state index >= 15 is 0 Å². The van der Waals surface area contributed by atoms with Crippen LogP contribution in [0.5, 0.6) is 0 Å². The Hall–Kier alpha value is -2.11. The van der Waals surface area contributed by atoms with Crippen LogP contribution < -0.4 is 5.56 Å². The topological polar surface area (TPSA) is 34.9 Å². The Morgan fingerprint density at radius 1 is 1.06 bits per heavy atom. The summed E-state index contributed by atoms with van der Waals surface area (Å²) in [5, 5.41) is 0. The van der Waals surface area contributed by atoms with Gasteiger partial charge in [-0.05, 0) is 18.2 Å². The monoisotopic (exact) mass is 240 g/mol. The van der Waals surface area contributed by atoms with Crippen LogP contribution in [-0.4, -0.2) is 9.55 Å². The smallest absolute Gasteiger partial charge is 0.284 e. The summed E-state index contributed by atoms with van der Waals surface area (Å²) in [6.45, 7) is 0. The van der Waals surface area contributed by atoms with Crippen LogP contribution in [-0.2, 0) is 6.18 Å². The first-order valence-corrected chi connectivity index (χ1v) is 4.69. The third-order valence-electron chi connectivity index (χ3n) is 2.18. The summed E-state index contributed by atoms with van der Waals surface area (Å²) in [5.74, 6) is 0. The number of rotatable bonds is 1. The second kappa shape index (κ2) is 4.04. The highest BCUT2D eigenvalue weighted by Gasteiger charge is 2.31. The van der Waals surface area contributed by atoms with E-state index in [9.17, 15) is 18.0 Å². The Morgan fingerprint density at radius 3 is 2.29 bits per heavy atom. The van der Waals surface area contributed by atoms with E-state index in [4.69, 9.17) is 0 Å². The number of alkyl halides is 3. The third kappa shape index (κ3) is 2.35. The molecule has 6 heteroatoms. The van der Waals surface area contributed by atoms with Crippen LogP contribution in [0, 0.1) is 0 Å². The number of hydrogen-bond donors (Lipinski definition) is 0. The van der Waals surface area contributed by atoms with Crippen LogP contribution in [0.2, 0.25) is 0 Å². The maximum absolute atomic E-state index is 12.5. The molecule has 2 heterocycles. The van der Waals surface area contributed by atoms with Gasteiger partial charge in [0.2, 0.25) is 0 Å². The van der Waals surface area contributed by atoms with E-state index in [0.717, 1.165) is 22.9 Å². The Morgan fingerprint density at radius 2 is 1.71 bits per heavy atom. The first-order chi connectivity index (χ1) is 7.98. The first-order valence-electron chi connectivity index (χ1n) is 4.69. The average molecular weight is 240 g/mol. The molecule has 0 aliphatic carbocycles. The van der Waals surface area contributed by atoms with Crippen molar-refractivity contribution in [1.29, 1.82) is 0 Å². The molecule has 0 saturated carbocycles. The fourth-order valence-corrected chi connectivity index (χ4v) is 1.36. The minimum atomic E-state index is -4.47. The van der Waals surface area contributed by atoms with Gasteiger partial charge in [0.25, 0.3) is 5.56 Å². The van der Waals surface area contributed by atoms with Crippen LogP contribution in [0.15, 0.2) is 47.7 Å². The molecule has 88 valence electrons. The van der Waals surface area contributed by atoms with Crippen LogP contribution in [0.3, 0.4) is 0 Å². The maximum atomic E-state index is 12.5. The Labute approximate surface area is 94.2 Å². The highest BCUT2D eigenvalue weighted by Crippen LogP contribution is 2.28. The number of halogens is 3. The summed E-state index contributed by atoms with van der Waals surface area (Å²) < 4.78 is 38.4. The van der Waals surface area contributed by atoms with Gasteiger partial charge in [0.05, 0.1) is 11.3 Å². The predicted octanol–water partition coefficient (Wildman–Crippen LogP) is 2.25. The molecule has 0 aliphatic rings. The molecule has 17 heavy (non-hydrogen) atoms. The van der Waals surface area contributed by atoms with Crippen LogP contribution in [0.1, 0.15) is 5.56 Å². The van der Waals surface area contributed by atoms with Gasteiger partial charge in [0, 0.05) is 24.7 Å². The molecule has 2 rings (SSSR count). The van der Waals surface area contributed by atoms with E-state index in [1.807, 2.05) is 0 Å². The number of aromatic nitrogens is 2. The lowest BCUT2D eigenvalue weighted by molar-refractivity contribution is -0.138. The quantitative estimate of drug-likeness (QED) is 0.766. The molecular weight excluding hydrogens is 233 g/mol. The number of nitrogens with zero attached hydrogens (tertiary/aromatic N) is 2. The second-order valence-corrected chi connectivity index (χ2v) is 3.33. The van der Waals surface area contributed by atoms with Crippen molar-refractivity contribution in [3.63, 3.8) is 0 Å². The van der Waals surface area contributed by atoms with E-state index < -0.39 is 17.3 Å². The van der Waals surface area contributed by atoms with Crippen molar-refractivity contribution in [2.75, 3.05) is 0 Å². The van der Waals surface area contributed by atoms with Crippen molar-refractivity contribution in [3.05, 3.63) is 58.8 Å². The zero-order valence-electron chi connectivity index (χ0n) is 8.48. The van der Waals surface area contributed by atoms with Gasteiger partial charge in [-0.25, -0.2) is 0 Å². The van der Waals surface area contributed by atoms with E-state index in [2.05, 4.69) is 4.98 Å². The molecule has 0 aromatic carbocycles. The number of pyridine rings is 2. The highest BCUT2D eigenvalue weighted by atomic mass is 19.4. The number of hydrogen-bond acceptors (Lipinski definition) is 2. The van der Waals surface area contributed by atoms with E-state index in [1.54, 1.807) is 0 Å². The highest BCUT2D eigenvalue weighted by molar-refractivity contribution is 5.31. The fraction of sp³-hybridized carbons (Fsp3) is 0.0909. The predicted molar refractivity (Wildman–Crippen MR) is 54.8 cm³/mol. The molecular formula is C11H7F3N2O. The summed E-state index contributed by atoms with van der Waals surface area (Å²) in [4.78, 5) is 15.2. The fourth-order valence-electron chi connectivity index (χ4n) is 1.36. The average Bonchev–Trinajstić information content (AvgIpc) is 2.29. The van der Waals surface area contributed by atoms with E-state index in [1.165, 1.54) is 24.5 Å². The molecule has 0 unspecified atom stereocenters. The van der Waals surface area contributed by atoms with Crippen molar-refractivity contribution in [1.82, 2.24) is 9.55 Å². The van der Waals surface area contributed by atoms with Crippen molar-refractivity contribution in [2.24, 2.45) is 0 Å². The van der Waals surface area contributed by atoms with Gasteiger partial charge in [-0.15, -0.1) is 0 Å². The summed E-state index contributed by atoms with van der Waals surface area (Å²) >= 11 is 0. The molecule has 0 saturated heterocycles. The first kappa shape index (κ1) is 11.4. The summed E-state index contributed by atoms with van der Waals surface area (Å²) in [6, 6.07) is 4.58. The van der Waals surface area contributed by atoms with Crippen molar-refractivity contribution < 1.29 is 13.2 Å². The minimum Gasteiger partial charge on any atom is -0.284 e. The zero-order chi connectivity index (χ0) is 12.5. The van der Waals surface area contributed by atoms with E-state index in [-0.39, 0.29) is 0 Å². The lowest BCUT2D eigenvalue weighted by Gasteiger charge is -2.10. The lowest BCUT2D eigenvalue weighted by atomic mass is 10.2. The van der Waals surface area contributed by atoms with Crippen molar-refractivity contribution >= 4 is 0 Å². The normalized spacial score (nSPS) is 11.5. The standard InChI is InChI=1S/C11H7F3N2O/c12-11(13,14)8-1-2-10(17)16(7-8)9-3-5-15-6-4-9/h1-7H. The van der Waals surface area contributed by atoms with Crippen molar-refractivity contribution in [3.8, 4) is 5.69 Å². The Bertz CT molecular complexity index is 575. The van der Waals surface area contributed by atoms with Gasteiger partial charge < -0.3 is 0 Å². The molecule has 2 aromatic rings. The van der Waals surface area contributed by atoms with Crippen molar-refractivity contribution in [2.45, 2.75) is 6.18 Å². The van der Waals surface area contributed by atoms with Gasteiger partial charge >= 0.3 is 6.18 Å². The van der Waals surface area contributed by atoms with E-state index in [0.29, 0.717) is 5.69 Å². The van der Waals surface area contributed by atoms with Gasteiger partial charge in [0.1, 0.15) is 0 Å². The molecule has 0 bridgehead atoms. The van der Waals surface area contributed by atoms with Gasteiger partial charge in [-0.1, -0.05) is 0 Å². The Kier molecular flexibility index (Phi) is 2.71. The maximum Gasteiger partial charge on any atom is 0.417 e. The largest absolute Gasteiger partial charge is 0.417 e. The molecule has 0 aliphatic heterocycles. The summed E-state index contributed by atoms with van der Waals surface area (Å²) in [5.41, 5.74) is -1.05. The minimum absolute atomic E-state index is 0.344. The molecule has 0 fully saturated rings. The summed E-state index contributed by atoms with van der Waals surface area (Å²) in [6.07, 6.45) is -0.885. The van der Waals surface area contributed by atoms with Crippen LogP contribution >= 0.6 is 0 Å². The summed E-state index contributed by atoms with van der Waals surface area (Å²) in [7, 11) is 0. The van der Waals surface area contributed by atoms with Crippen LogP contribution in [0.25, 0.3) is 5.69 Å². The second-order valence-electron chi connectivity index (χ2n) is 3.33. The molecule has 0 spiro atoms. The zero-order valence-corrected chi connectivity index (χ0v) is 8.48. The van der Waals surface area contributed by atoms with Gasteiger partial charge in [0.15, 0.2) is 0 Å². The molecule has 0 amide bonds. The molecule has 0 radical (unpaired) electrons. The molecule has 0 atom stereocenters. The molecule has 0 N–H and O–H groups in total. The molecule has 2 aromatic heterocycles. The van der Waals surface area contributed by atoms with Gasteiger partial charge in [-0.3, -0.25) is 14.3 Å². The third-order valence-corrected chi connectivity index (χ3v) is 2.18. The Balaban J connectivity index is 2.59. The molecule has 3 nitrogen and oxygen atoms in total. The SMILES string of the molecule is O=c1ccc(C(F)(F)F)cn1-c1ccncc1.